The number of nitrogens with one attached hydrogen (secondary N) is 1. The van der Waals surface area contributed by atoms with Crippen molar-refractivity contribution in [2.24, 2.45) is 15.4 Å². The Bertz CT molecular complexity index is 780. The minimum Gasteiger partial charge on any atom is -0.354 e. The monoisotopic (exact) mass is 410 g/mol. The Morgan fingerprint density at radius 1 is 1.33 bits per heavy atom. The van der Waals surface area contributed by atoms with Gasteiger partial charge in [-0.3, -0.25) is 0 Å². The largest absolute Gasteiger partial charge is 0.354 e. The number of rotatable bonds is 4. The topological polar surface area (TPSA) is 74.1 Å². The highest BCUT2D eigenvalue weighted by atomic mass is 35.5. The van der Waals surface area contributed by atoms with Crippen LogP contribution in [-0.4, -0.2) is 38.7 Å². The first kappa shape index (κ1) is 19.3. The lowest BCUT2D eigenvalue weighted by atomic mass is 10.1. The summed E-state index contributed by atoms with van der Waals surface area (Å²) in [5.74, 6) is 0.400. The lowest BCUT2D eigenvalue weighted by Gasteiger charge is -2.18. The maximum Gasteiger partial charge on any atom is 0.287 e. The summed E-state index contributed by atoms with van der Waals surface area (Å²) in [7, 11) is -4.08. The fourth-order valence-electron chi connectivity index (χ4n) is 2.07. The zero-order chi connectivity index (χ0) is 17.9. The molecular formula is C14H17Cl3N4O2S. The number of guanidine groups is 1. The van der Waals surface area contributed by atoms with Crippen molar-refractivity contribution in [3.63, 3.8) is 0 Å². The molecular weight excluding hydrogens is 395 g/mol. The minimum absolute atomic E-state index is 0.0233. The number of hydrogen-bond acceptors (Lipinski definition) is 3. The van der Waals surface area contributed by atoms with Gasteiger partial charge in [-0.25, -0.2) is 5.01 Å². The van der Waals surface area contributed by atoms with E-state index in [0.29, 0.717) is 13.1 Å². The molecule has 1 unspecified atom stereocenters. The predicted octanol–water partition coefficient (Wildman–Crippen LogP) is 3.63. The van der Waals surface area contributed by atoms with Crippen LogP contribution < -0.4 is 5.32 Å². The number of benzene rings is 1. The summed E-state index contributed by atoms with van der Waals surface area (Å²) in [6, 6.07) is 2.65. The van der Waals surface area contributed by atoms with Crippen LogP contribution in [0.15, 0.2) is 26.5 Å². The van der Waals surface area contributed by atoms with E-state index >= 15 is 0 Å². The van der Waals surface area contributed by atoms with E-state index in [9.17, 15) is 8.42 Å². The number of nitrogens with zero attached hydrogens (tertiary/aromatic N) is 3. The molecule has 1 aliphatic rings. The lowest BCUT2D eigenvalue weighted by molar-refractivity contribution is 0.426. The molecule has 24 heavy (non-hydrogen) atoms. The first-order valence-electron chi connectivity index (χ1n) is 7.34. The van der Waals surface area contributed by atoms with Gasteiger partial charge < -0.3 is 5.32 Å². The van der Waals surface area contributed by atoms with Crippen LogP contribution in [0.3, 0.4) is 0 Å². The van der Waals surface area contributed by atoms with Crippen molar-refractivity contribution in [1.82, 2.24) is 10.3 Å². The van der Waals surface area contributed by atoms with Crippen molar-refractivity contribution >= 4 is 57.0 Å². The van der Waals surface area contributed by atoms with Crippen LogP contribution in [0.1, 0.15) is 20.3 Å². The summed E-state index contributed by atoms with van der Waals surface area (Å²) in [4.78, 5) is -0.204. The summed E-state index contributed by atoms with van der Waals surface area (Å²) in [6.07, 6.45) is 2.69. The molecule has 0 bridgehead atoms. The summed E-state index contributed by atoms with van der Waals surface area (Å²) < 4.78 is 29.1. The molecule has 2 rings (SSSR count). The Morgan fingerprint density at radius 3 is 2.62 bits per heavy atom. The molecule has 0 aliphatic carbocycles. The molecule has 132 valence electrons. The molecule has 1 heterocycles. The van der Waals surface area contributed by atoms with Crippen molar-refractivity contribution in [3.05, 3.63) is 27.2 Å². The van der Waals surface area contributed by atoms with Crippen LogP contribution >= 0.6 is 34.8 Å². The van der Waals surface area contributed by atoms with E-state index in [1.54, 1.807) is 6.21 Å². The molecule has 10 heteroatoms. The average Bonchev–Trinajstić information content (AvgIpc) is 3.01. The van der Waals surface area contributed by atoms with E-state index in [1.807, 2.05) is 13.8 Å². The molecule has 1 N–H and O–H groups in total. The third kappa shape index (κ3) is 4.14. The second-order valence-corrected chi connectivity index (χ2v) is 7.84. The summed E-state index contributed by atoms with van der Waals surface area (Å²) >= 11 is 17.8. The van der Waals surface area contributed by atoms with Gasteiger partial charge in [-0.1, -0.05) is 41.7 Å². The van der Waals surface area contributed by atoms with Gasteiger partial charge in [0.25, 0.3) is 10.0 Å². The molecule has 0 aromatic heterocycles. The summed E-state index contributed by atoms with van der Waals surface area (Å²) in [5.41, 5.74) is 0. The number of halogens is 3. The first-order valence-corrected chi connectivity index (χ1v) is 9.91. The van der Waals surface area contributed by atoms with Crippen LogP contribution in [0, 0.1) is 5.92 Å². The zero-order valence-electron chi connectivity index (χ0n) is 13.1. The second-order valence-electron chi connectivity index (χ2n) is 5.11. The van der Waals surface area contributed by atoms with Crippen LogP contribution in [-0.2, 0) is 10.0 Å². The van der Waals surface area contributed by atoms with Gasteiger partial charge >= 0.3 is 0 Å². The van der Waals surface area contributed by atoms with Crippen LogP contribution in [0.2, 0.25) is 15.1 Å². The van der Waals surface area contributed by atoms with E-state index in [4.69, 9.17) is 34.8 Å². The quantitative estimate of drug-likeness (QED) is 0.466. The molecule has 1 aliphatic heterocycles. The Morgan fingerprint density at radius 2 is 2.04 bits per heavy atom. The van der Waals surface area contributed by atoms with Gasteiger partial charge in [0.2, 0.25) is 5.96 Å². The minimum atomic E-state index is -4.08. The van der Waals surface area contributed by atoms with E-state index < -0.39 is 10.0 Å². The molecule has 0 saturated carbocycles. The Balaban J connectivity index is 2.41. The predicted molar refractivity (Wildman–Crippen MR) is 98.7 cm³/mol. The maximum atomic E-state index is 12.6. The average molecular weight is 412 g/mol. The van der Waals surface area contributed by atoms with Crippen molar-refractivity contribution in [2.75, 3.05) is 13.1 Å². The van der Waals surface area contributed by atoms with Gasteiger partial charge in [0.15, 0.2) is 0 Å². The molecule has 1 atom stereocenters. The standard InChI is InChI=1S/C14H17Cl3N4O2S/c1-3-9-7-19-21(8-9)14(18-4-2)20-24(22,23)11-6-5-10(15)12(16)13(11)17/h5-7,9H,3-4,8H2,1-2H3,(H,18,20). The van der Waals surface area contributed by atoms with E-state index in [-0.39, 0.29) is 31.8 Å². The molecule has 1 aromatic rings. The summed E-state index contributed by atoms with van der Waals surface area (Å²) in [5, 5.41) is 8.66. The fourth-order valence-corrected chi connectivity index (χ4v) is 4.00. The SMILES string of the molecule is CCN/C(=N\S(=O)(=O)c1ccc(Cl)c(Cl)c1Cl)N1CC(CC)C=N1. The Kier molecular flexibility index (Phi) is 6.36. The van der Waals surface area contributed by atoms with Crippen LogP contribution in [0.5, 0.6) is 0 Å². The number of hydrogen-bond donors (Lipinski definition) is 1. The van der Waals surface area contributed by atoms with Gasteiger partial charge in [0, 0.05) is 18.7 Å². The third-order valence-corrected chi connectivity index (χ3v) is 6.13. The van der Waals surface area contributed by atoms with Crippen LogP contribution in [0.25, 0.3) is 0 Å². The lowest BCUT2D eigenvalue weighted by Crippen LogP contribution is -2.38. The molecule has 1 aromatic carbocycles. The zero-order valence-corrected chi connectivity index (χ0v) is 16.2. The molecule has 6 nitrogen and oxygen atoms in total. The van der Waals surface area contributed by atoms with Crippen molar-refractivity contribution < 1.29 is 8.42 Å². The second kappa shape index (κ2) is 7.91. The first-order chi connectivity index (χ1) is 11.3. The van der Waals surface area contributed by atoms with E-state index in [0.717, 1.165) is 6.42 Å². The van der Waals surface area contributed by atoms with Crippen molar-refractivity contribution in [2.45, 2.75) is 25.2 Å². The van der Waals surface area contributed by atoms with Gasteiger partial charge in [-0.05, 0) is 25.5 Å². The Hall–Kier alpha value is -1.02. The summed E-state index contributed by atoms with van der Waals surface area (Å²) in [6.45, 7) is 4.93. The van der Waals surface area contributed by atoms with Gasteiger partial charge in [-0.15, -0.1) is 4.40 Å². The maximum absolute atomic E-state index is 12.6. The van der Waals surface area contributed by atoms with E-state index in [1.165, 1.54) is 17.1 Å². The van der Waals surface area contributed by atoms with Crippen molar-refractivity contribution in [1.29, 1.82) is 0 Å². The van der Waals surface area contributed by atoms with Crippen LogP contribution in [0.4, 0.5) is 0 Å². The Labute approximate surface area is 156 Å². The molecule has 0 amide bonds. The van der Waals surface area contributed by atoms with Gasteiger partial charge in [0.05, 0.1) is 21.6 Å². The highest BCUT2D eigenvalue weighted by Gasteiger charge is 2.25. The fraction of sp³-hybridized carbons (Fsp3) is 0.429. The smallest absolute Gasteiger partial charge is 0.287 e. The van der Waals surface area contributed by atoms with Gasteiger partial charge in [0.1, 0.15) is 4.90 Å². The molecule has 0 radical (unpaired) electrons. The highest BCUT2D eigenvalue weighted by Crippen LogP contribution is 2.35. The third-order valence-electron chi connectivity index (χ3n) is 3.41. The normalized spacial score (nSPS) is 18.3. The number of hydrazone groups is 1. The van der Waals surface area contributed by atoms with Crippen molar-refractivity contribution in [3.8, 4) is 0 Å². The van der Waals surface area contributed by atoms with Gasteiger partial charge in [-0.2, -0.15) is 13.5 Å². The number of sulfonamides is 1. The molecule has 0 spiro atoms. The highest BCUT2D eigenvalue weighted by molar-refractivity contribution is 7.90. The molecule has 0 saturated heterocycles. The van der Waals surface area contributed by atoms with E-state index in [2.05, 4.69) is 14.8 Å². The molecule has 0 fully saturated rings.